The number of rotatable bonds is 3. The minimum Gasteiger partial charge on any atom is -0.477 e. The second-order valence-electron chi connectivity index (χ2n) is 3.70. The summed E-state index contributed by atoms with van der Waals surface area (Å²) in [5.41, 5.74) is 5.94. The first-order chi connectivity index (χ1) is 8.80. The normalized spacial score (nSPS) is 11.4. The lowest BCUT2D eigenvalue weighted by molar-refractivity contribution is 0.0698. The third kappa shape index (κ3) is 2.41. The van der Waals surface area contributed by atoms with Crippen LogP contribution in [0.4, 0.5) is 5.82 Å². The van der Waals surface area contributed by atoms with Crippen LogP contribution in [0.2, 0.25) is 0 Å². The van der Waals surface area contributed by atoms with Gasteiger partial charge < -0.3 is 10.8 Å². The number of nitrogens with two attached hydrogens (primary N) is 2. The molecule has 2 aromatic rings. The Morgan fingerprint density at radius 3 is 2.26 bits per heavy atom. The molecule has 0 saturated carbocycles. The summed E-state index contributed by atoms with van der Waals surface area (Å²) in [7, 11) is -3.78. The number of carboxylic acid groups (broad SMARTS) is 1. The molecule has 0 spiro atoms. The van der Waals surface area contributed by atoms with Gasteiger partial charge in [0.1, 0.15) is 11.4 Å². The Hall–Kier alpha value is -2.39. The second kappa shape index (κ2) is 4.37. The van der Waals surface area contributed by atoms with Crippen LogP contribution in [0, 0.1) is 0 Å². The number of nitrogen functional groups attached to an aromatic ring is 1. The van der Waals surface area contributed by atoms with Crippen LogP contribution in [0.5, 0.6) is 0 Å². The summed E-state index contributed by atoms with van der Waals surface area (Å²) in [5, 5.41) is 17.6. The summed E-state index contributed by atoms with van der Waals surface area (Å²) in [5.74, 6) is -1.24. The highest BCUT2D eigenvalue weighted by Crippen LogP contribution is 2.18. The Bertz CT molecular complexity index is 733. The average molecular weight is 282 g/mol. The van der Waals surface area contributed by atoms with Crippen LogP contribution in [0.25, 0.3) is 5.69 Å². The van der Waals surface area contributed by atoms with E-state index in [1.807, 2.05) is 0 Å². The number of sulfonamides is 1. The van der Waals surface area contributed by atoms with Crippen molar-refractivity contribution in [1.29, 1.82) is 0 Å². The molecule has 0 bridgehead atoms. The summed E-state index contributed by atoms with van der Waals surface area (Å²) in [6.07, 6.45) is 1.12. The predicted octanol–water partition coefficient (Wildman–Crippen LogP) is -0.200. The summed E-state index contributed by atoms with van der Waals surface area (Å²) in [4.78, 5) is 10.8. The first-order valence-corrected chi connectivity index (χ1v) is 6.55. The smallest absolute Gasteiger partial charge is 0.341 e. The maximum Gasteiger partial charge on any atom is 0.341 e. The fourth-order valence-electron chi connectivity index (χ4n) is 1.51. The van der Waals surface area contributed by atoms with Crippen LogP contribution < -0.4 is 10.9 Å². The Morgan fingerprint density at radius 1 is 1.26 bits per heavy atom. The summed E-state index contributed by atoms with van der Waals surface area (Å²) < 4.78 is 23.4. The van der Waals surface area contributed by atoms with E-state index in [1.54, 1.807) is 0 Å². The van der Waals surface area contributed by atoms with E-state index in [1.165, 1.54) is 28.9 Å². The molecule has 8 nitrogen and oxygen atoms in total. The summed E-state index contributed by atoms with van der Waals surface area (Å²) in [6, 6.07) is 5.42. The average Bonchev–Trinajstić information content (AvgIpc) is 2.70. The number of benzene rings is 1. The predicted molar refractivity (Wildman–Crippen MR) is 66.3 cm³/mol. The van der Waals surface area contributed by atoms with Crippen LogP contribution in [-0.2, 0) is 10.0 Å². The van der Waals surface area contributed by atoms with Crippen molar-refractivity contribution in [1.82, 2.24) is 9.78 Å². The SMILES string of the molecule is Nc1c(C(=O)O)cnn1-c1ccc(S(N)(=O)=O)cc1. The first-order valence-electron chi connectivity index (χ1n) is 5.01. The molecule has 19 heavy (non-hydrogen) atoms. The number of anilines is 1. The minimum absolute atomic E-state index is 0.0455. The fourth-order valence-corrected chi connectivity index (χ4v) is 2.02. The lowest BCUT2D eigenvalue weighted by Crippen LogP contribution is -2.12. The van der Waals surface area contributed by atoms with E-state index in [0.29, 0.717) is 5.69 Å². The number of carboxylic acids is 1. The van der Waals surface area contributed by atoms with Gasteiger partial charge in [0.15, 0.2) is 0 Å². The molecular weight excluding hydrogens is 272 g/mol. The molecule has 0 unspecified atom stereocenters. The molecule has 0 fully saturated rings. The molecule has 0 amide bonds. The highest BCUT2D eigenvalue weighted by molar-refractivity contribution is 7.89. The molecule has 0 saturated heterocycles. The lowest BCUT2D eigenvalue weighted by Gasteiger charge is -2.05. The molecule has 0 radical (unpaired) electrons. The van der Waals surface area contributed by atoms with E-state index in [0.717, 1.165) is 6.20 Å². The van der Waals surface area contributed by atoms with Gasteiger partial charge in [-0.05, 0) is 24.3 Å². The van der Waals surface area contributed by atoms with Crippen LogP contribution in [0.15, 0.2) is 35.4 Å². The quantitative estimate of drug-likeness (QED) is 0.711. The van der Waals surface area contributed by atoms with Crippen molar-refractivity contribution in [3.63, 3.8) is 0 Å². The monoisotopic (exact) mass is 282 g/mol. The van der Waals surface area contributed by atoms with Gasteiger partial charge in [-0.1, -0.05) is 0 Å². The van der Waals surface area contributed by atoms with Crippen LogP contribution in [0.3, 0.4) is 0 Å². The fraction of sp³-hybridized carbons (Fsp3) is 0. The highest BCUT2D eigenvalue weighted by atomic mass is 32.2. The van der Waals surface area contributed by atoms with E-state index >= 15 is 0 Å². The zero-order chi connectivity index (χ0) is 14.2. The van der Waals surface area contributed by atoms with E-state index in [9.17, 15) is 13.2 Å². The Morgan fingerprint density at radius 2 is 1.84 bits per heavy atom. The van der Waals surface area contributed by atoms with Gasteiger partial charge >= 0.3 is 5.97 Å². The van der Waals surface area contributed by atoms with E-state index < -0.39 is 16.0 Å². The molecule has 5 N–H and O–H groups in total. The molecule has 1 aromatic carbocycles. The molecule has 100 valence electrons. The number of nitrogens with zero attached hydrogens (tertiary/aromatic N) is 2. The number of aromatic carboxylic acids is 1. The summed E-state index contributed by atoms with van der Waals surface area (Å²) >= 11 is 0. The van der Waals surface area contributed by atoms with Gasteiger partial charge in [-0.15, -0.1) is 0 Å². The van der Waals surface area contributed by atoms with Crippen LogP contribution in [-0.4, -0.2) is 29.3 Å². The third-order valence-corrected chi connectivity index (χ3v) is 3.38. The van der Waals surface area contributed by atoms with Gasteiger partial charge in [-0.3, -0.25) is 0 Å². The van der Waals surface area contributed by atoms with Crippen molar-refractivity contribution >= 4 is 21.8 Å². The van der Waals surface area contributed by atoms with Gasteiger partial charge in [-0.25, -0.2) is 23.0 Å². The van der Waals surface area contributed by atoms with E-state index in [4.69, 9.17) is 16.0 Å². The molecular formula is C10H10N4O4S. The van der Waals surface area contributed by atoms with Crippen LogP contribution >= 0.6 is 0 Å². The largest absolute Gasteiger partial charge is 0.477 e. The third-order valence-electron chi connectivity index (χ3n) is 2.45. The van der Waals surface area contributed by atoms with Crippen molar-refractivity contribution in [2.75, 3.05) is 5.73 Å². The van der Waals surface area contributed by atoms with Crippen molar-refractivity contribution in [2.24, 2.45) is 5.14 Å². The maximum atomic E-state index is 11.1. The Labute approximate surface area is 108 Å². The second-order valence-corrected chi connectivity index (χ2v) is 5.26. The Balaban J connectivity index is 2.46. The molecule has 2 rings (SSSR count). The van der Waals surface area contributed by atoms with E-state index in [2.05, 4.69) is 5.10 Å². The Kier molecular flexibility index (Phi) is 3.00. The number of aromatic nitrogens is 2. The highest BCUT2D eigenvalue weighted by Gasteiger charge is 2.15. The van der Waals surface area contributed by atoms with Crippen LogP contribution in [0.1, 0.15) is 10.4 Å². The maximum absolute atomic E-state index is 11.1. The number of hydrogen-bond acceptors (Lipinski definition) is 5. The standard InChI is InChI=1S/C10H10N4O4S/c11-9-8(10(15)16)5-13-14(9)6-1-3-7(4-2-6)19(12,17)18/h1-5H,11H2,(H,15,16)(H2,12,17,18). The molecule has 1 aromatic heterocycles. The van der Waals surface area contributed by atoms with Crippen molar-refractivity contribution in [3.8, 4) is 5.69 Å². The molecule has 1 heterocycles. The first kappa shape index (κ1) is 13.1. The molecule has 0 aliphatic rings. The van der Waals surface area contributed by atoms with Gasteiger partial charge in [0.25, 0.3) is 0 Å². The van der Waals surface area contributed by atoms with Gasteiger partial charge in [0.05, 0.1) is 16.8 Å². The molecule has 0 aliphatic heterocycles. The zero-order valence-electron chi connectivity index (χ0n) is 9.52. The molecule has 9 heteroatoms. The number of primary sulfonamides is 1. The topological polar surface area (TPSA) is 141 Å². The van der Waals surface area contributed by atoms with Crippen molar-refractivity contribution in [3.05, 3.63) is 36.0 Å². The lowest BCUT2D eigenvalue weighted by atomic mass is 10.3. The molecule has 0 atom stereocenters. The van der Waals surface area contributed by atoms with Gasteiger partial charge in [0, 0.05) is 0 Å². The van der Waals surface area contributed by atoms with E-state index in [-0.39, 0.29) is 16.3 Å². The minimum atomic E-state index is -3.78. The zero-order valence-corrected chi connectivity index (χ0v) is 10.3. The number of hydrogen-bond donors (Lipinski definition) is 3. The van der Waals surface area contributed by atoms with Gasteiger partial charge in [-0.2, -0.15) is 5.10 Å². The number of carbonyl (C=O) groups is 1. The van der Waals surface area contributed by atoms with Crippen molar-refractivity contribution in [2.45, 2.75) is 4.90 Å². The van der Waals surface area contributed by atoms with Gasteiger partial charge in [0.2, 0.25) is 10.0 Å². The summed E-state index contributed by atoms with van der Waals surface area (Å²) in [6.45, 7) is 0. The van der Waals surface area contributed by atoms with Crippen molar-refractivity contribution < 1.29 is 18.3 Å². The molecule has 0 aliphatic carbocycles.